The van der Waals surface area contributed by atoms with Crippen LogP contribution >= 0.6 is 0 Å². The molecule has 2 N–H and O–H groups in total. The zero-order valence-corrected chi connectivity index (χ0v) is 11.1. The molecular formula is C15H17N3O2. The van der Waals surface area contributed by atoms with Gasteiger partial charge in [-0.2, -0.15) is 0 Å². The Hall–Kier alpha value is -2.14. The van der Waals surface area contributed by atoms with Gasteiger partial charge in [0.2, 0.25) is 0 Å². The lowest BCUT2D eigenvalue weighted by Gasteiger charge is -2.07. The van der Waals surface area contributed by atoms with Crippen molar-refractivity contribution in [1.82, 2.24) is 4.57 Å². The highest BCUT2D eigenvalue weighted by Crippen LogP contribution is 2.39. The molecule has 1 heterocycles. The molecule has 1 fully saturated rings. The maximum Gasteiger partial charge on any atom is 0.269 e. The standard InChI is InChI=1S/C15H17N3O2/c16-15(12-3-4-12)13-7-8-17(10-13)9-11-1-5-14(6-2-11)18(19)20/h1-2,5-8,10,12,15H,3-4,9,16H2. The minimum atomic E-state index is -0.383. The summed E-state index contributed by atoms with van der Waals surface area (Å²) in [5, 5.41) is 10.6. The van der Waals surface area contributed by atoms with Crippen molar-refractivity contribution in [2.24, 2.45) is 11.7 Å². The topological polar surface area (TPSA) is 74.1 Å². The van der Waals surface area contributed by atoms with Crippen molar-refractivity contribution in [1.29, 1.82) is 0 Å². The predicted octanol–water partition coefficient (Wildman–Crippen LogP) is 2.85. The second-order valence-corrected chi connectivity index (χ2v) is 5.40. The molecule has 0 aliphatic heterocycles. The zero-order valence-electron chi connectivity index (χ0n) is 11.1. The van der Waals surface area contributed by atoms with Gasteiger partial charge in [0.15, 0.2) is 0 Å². The molecule has 1 unspecified atom stereocenters. The summed E-state index contributed by atoms with van der Waals surface area (Å²) in [5.74, 6) is 0.644. The number of benzene rings is 1. The van der Waals surface area contributed by atoms with Gasteiger partial charge in [0.25, 0.3) is 5.69 Å². The molecule has 1 aromatic carbocycles. The summed E-state index contributed by atoms with van der Waals surface area (Å²) in [6, 6.07) is 8.87. The summed E-state index contributed by atoms with van der Waals surface area (Å²) < 4.78 is 2.07. The minimum absolute atomic E-state index is 0.123. The van der Waals surface area contributed by atoms with Gasteiger partial charge in [0.05, 0.1) is 4.92 Å². The van der Waals surface area contributed by atoms with Crippen LogP contribution in [0.5, 0.6) is 0 Å². The van der Waals surface area contributed by atoms with Crippen LogP contribution in [0.1, 0.15) is 30.0 Å². The fourth-order valence-corrected chi connectivity index (χ4v) is 2.42. The molecule has 20 heavy (non-hydrogen) atoms. The van der Waals surface area contributed by atoms with Gasteiger partial charge in [-0.1, -0.05) is 12.1 Å². The van der Waals surface area contributed by atoms with E-state index in [1.54, 1.807) is 12.1 Å². The molecule has 0 bridgehead atoms. The van der Waals surface area contributed by atoms with Crippen molar-refractivity contribution in [3.8, 4) is 0 Å². The van der Waals surface area contributed by atoms with Crippen molar-refractivity contribution in [2.75, 3.05) is 0 Å². The van der Waals surface area contributed by atoms with Crippen LogP contribution < -0.4 is 5.73 Å². The van der Waals surface area contributed by atoms with Crippen LogP contribution in [0.4, 0.5) is 5.69 Å². The molecule has 1 atom stereocenters. The van der Waals surface area contributed by atoms with Crippen LogP contribution in [0.25, 0.3) is 0 Å². The third-order valence-corrected chi connectivity index (χ3v) is 3.80. The van der Waals surface area contributed by atoms with Crippen molar-refractivity contribution in [2.45, 2.75) is 25.4 Å². The van der Waals surface area contributed by atoms with Crippen molar-refractivity contribution >= 4 is 5.69 Å². The summed E-state index contributed by atoms with van der Waals surface area (Å²) in [4.78, 5) is 10.2. The fraction of sp³-hybridized carbons (Fsp3) is 0.333. The first-order valence-corrected chi connectivity index (χ1v) is 6.78. The number of nitro groups is 1. The van der Waals surface area contributed by atoms with Crippen LogP contribution in [0.15, 0.2) is 42.7 Å². The number of nitrogens with zero attached hydrogens (tertiary/aromatic N) is 2. The average Bonchev–Trinajstić information content (AvgIpc) is 3.19. The largest absolute Gasteiger partial charge is 0.350 e. The van der Waals surface area contributed by atoms with Gasteiger partial charge in [-0.15, -0.1) is 0 Å². The van der Waals surface area contributed by atoms with E-state index < -0.39 is 0 Å². The van der Waals surface area contributed by atoms with Crippen LogP contribution in [-0.4, -0.2) is 9.49 Å². The zero-order chi connectivity index (χ0) is 14.1. The van der Waals surface area contributed by atoms with Gasteiger partial charge in [-0.3, -0.25) is 10.1 Å². The van der Waals surface area contributed by atoms with Crippen LogP contribution in [0.2, 0.25) is 0 Å². The minimum Gasteiger partial charge on any atom is -0.350 e. The Balaban J connectivity index is 1.69. The van der Waals surface area contributed by atoms with E-state index in [2.05, 4.69) is 16.8 Å². The molecular weight excluding hydrogens is 254 g/mol. The highest BCUT2D eigenvalue weighted by Gasteiger charge is 2.29. The predicted molar refractivity (Wildman–Crippen MR) is 76.3 cm³/mol. The summed E-state index contributed by atoms with van der Waals surface area (Å²) in [6.07, 6.45) is 6.55. The summed E-state index contributed by atoms with van der Waals surface area (Å²) in [6.45, 7) is 0.704. The number of aromatic nitrogens is 1. The molecule has 0 spiro atoms. The number of hydrogen-bond donors (Lipinski definition) is 1. The monoisotopic (exact) mass is 271 g/mol. The van der Waals surface area contributed by atoms with Crippen molar-refractivity contribution in [3.63, 3.8) is 0 Å². The van der Waals surface area contributed by atoms with Gasteiger partial charge < -0.3 is 10.3 Å². The third kappa shape index (κ3) is 2.72. The lowest BCUT2D eigenvalue weighted by molar-refractivity contribution is -0.384. The van der Waals surface area contributed by atoms with Gasteiger partial charge in [-0.05, 0) is 36.0 Å². The van der Waals surface area contributed by atoms with E-state index in [0.29, 0.717) is 12.5 Å². The molecule has 3 rings (SSSR count). The van der Waals surface area contributed by atoms with Crippen molar-refractivity contribution < 1.29 is 4.92 Å². The Morgan fingerprint density at radius 3 is 2.60 bits per heavy atom. The van der Waals surface area contributed by atoms with Crippen LogP contribution in [-0.2, 0) is 6.54 Å². The lowest BCUT2D eigenvalue weighted by atomic mass is 10.1. The SMILES string of the molecule is NC(c1ccn(Cc2ccc([N+](=O)[O-])cc2)c1)C1CC1. The number of rotatable bonds is 5. The Bertz CT molecular complexity index is 614. The molecule has 5 heteroatoms. The molecule has 0 radical (unpaired) electrons. The van der Waals surface area contributed by atoms with E-state index in [1.165, 1.54) is 30.5 Å². The maximum atomic E-state index is 10.6. The number of non-ortho nitro benzene ring substituents is 1. The number of nitrogens with two attached hydrogens (primary N) is 1. The number of nitro benzene ring substituents is 1. The molecule has 1 aliphatic carbocycles. The third-order valence-electron chi connectivity index (χ3n) is 3.80. The Labute approximate surface area is 117 Å². The highest BCUT2D eigenvalue weighted by atomic mass is 16.6. The summed E-state index contributed by atoms with van der Waals surface area (Å²) >= 11 is 0. The second-order valence-electron chi connectivity index (χ2n) is 5.40. The van der Waals surface area contributed by atoms with E-state index in [1.807, 2.05) is 6.20 Å². The molecule has 0 amide bonds. The lowest BCUT2D eigenvalue weighted by Crippen LogP contribution is -2.11. The molecule has 104 valence electrons. The van der Waals surface area contributed by atoms with E-state index >= 15 is 0 Å². The second kappa shape index (κ2) is 5.09. The van der Waals surface area contributed by atoms with Crippen LogP contribution in [0.3, 0.4) is 0 Å². The van der Waals surface area contributed by atoms with Crippen molar-refractivity contribution in [3.05, 3.63) is 64.0 Å². The van der Waals surface area contributed by atoms with Gasteiger partial charge in [0, 0.05) is 37.1 Å². The first-order valence-electron chi connectivity index (χ1n) is 6.78. The number of hydrogen-bond acceptors (Lipinski definition) is 3. The molecule has 1 aromatic heterocycles. The van der Waals surface area contributed by atoms with Crippen LogP contribution in [0, 0.1) is 16.0 Å². The maximum absolute atomic E-state index is 10.6. The first kappa shape index (κ1) is 12.9. The molecule has 5 nitrogen and oxygen atoms in total. The fourth-order valence-electron chi connectivity index (χ4n) is 2.42. The summed E-state index contributed by atoms with van der Waals surface area (Å²) in [5.41, 5.74) is 8.51. The van der Waals surface area contributed by atoms with Gasteiger partial charge in [0.1, 0.15) is 0 Å². The van der Waals surface area contributed by atoms with Gasteiger partial charge >= 0.3 is 0 Å². The van der Waals surface area contributed by atoms with E-state index in [-0.39, 0.29) is 16.7 Å². The highest BCUT2D eigenvalue weighted by molar-refractivity contribution is 5.33. The van der Waals surface area contributed by atoms with E-state index in [9.17, 15) is 10.1 Å². The summed E-state index contributed by atoms with van der Waals surface area (Å²) in [7, 11) is 0. The quantitative estimate of drug-likeness (QED) is 0.671. The van der Waals surface area contributed by atoms with Gasteiger partial charge in [-0.25, -0.2) is 0 Å². The first-order chi connectivity index (χ1) is 9.63. The normalized spacial score (nSPS) is 16.1. The average molecular weight is 271 g/mol. The smallest absolute Gasteiger partial charge is 0.269 e. The Kier molecular flexibility index (Phi) is 3.28. The molecule has 1 aliphatic rings. The Morgan fingerprint density at radius 2 is 2.00 bits per heavy atom. The molecule has 0 saturated heterocycles. The molecule has 1 saturated carbocycles. The van der Waals surface area contributed by atoms with E-state index in [4.69, 9.17) is 5.73 Å². The van der Waals surface area contributed by atoms with E-state index in [0.717, 1.165) is 5.56 Å². The molecule has 2 aromatic rings. The Morgan fingerprint density at radius 1 is 1.30 bits per heavy atom.